The van der Waals surface area contributed by atoms with E-state index < -0.39 is 48.0 Å². The lowest BCUT2D eigenvalue weighted by atomic mass is 9.92. The molecular weight excluding hydrogens is 328 g/mol. The Morgan fingerprint density at radius 3 is 2.50 bits per heavy atom. The Morgan fingerprint density at radius 2 is 2.08 bits per heavy atom. The van der Waals surface area contributed by atoms with Gasteiger partial charge in [0.2, 0.25) is 0 Å². The number of alkyl halides is 2. The molecule has 1 saturated heterocycles. The SMILES string of the molecule is CC(C)(C)OC(=O)NCC1(C(C=CN)=NC(F)F)NC(=O)NC1=O. The normalized spacial score (nSPS) is 21.8. The molecule has 1 aliphatic rings. The Morgan fingerprint density at radius 1 is 1.46 bits per heavy atom. The second kappa shape index (κ2) is 7.23. The number of aliphatic imine (C=N–C) groups is 1. The summed E-state index contributed by atoms with van der Waals surface area (Å²) in [6, 6.07) is -0.918. The smallest absolute Gasteiger partial charge is 0.407 e. The Labute approximate surface area is 136 Å². The Balaban J connectivity index is 3.11. The summed E-state index contributed by atoms with van der Waals surface area (Å²) in [4.78, 5) is 38.3. The van der Waals surface area contributed by atoms with Gasteiger partial charge in [0, 0.05) is 0 Å². The molecule has 24 heavy (non-hydrogen) atoms. The molecule has 1 aliphatic heterocycles. The number of nitrogens with one attached hydrogen (secondary N) is 3. The van der Waals surface area contributed by atoms with Crippen molar-refractivity contribution < 1.29 is 27.9 Å². The van der Waals surface area contributed by atoms with Gasteiger partial charge in [-0.05, 0) is 33.0 Å². The average Bonchev–Trinajstić information content (AvgIpc) is 2.69. The van der Waals surface area contributed by atoms with E-state index in [1.165, 1.54) is 0 Å². The second-order valence-electron chi connectivity index (χ2n) is 5.82. The molecule has 11 heteroatoms. The van der Waals surface area contributed by atoms with Gasteiger partial charge in [0.25, 0.3) is 5.91 Å². The topological polar surface area (TPSA) is 135 Å². The van der Waals surface area contributed by atoms with Gasteiger partial charge in [0.1, 0.15) is 5.60 Å². The van der Waals surface area contributed by atoms with Crippen molar-refractivity contribution in [1.29, 1.82) is 0 Å². The lowest BCUT2D eigenvalue weighted by Crippen LogP contribution is -2.60. The van der Waals surface area contributed by atoms with E-state index in [1.54, 1.807) is 20.8 Å². The van der Waals surface area contributed by atoms with Crippen molar-refractivity contribution in [1.82, 2.24) is 16.0 Å². The molecule has 134 valence electrons. The minimum absolute atomic E-state index is 0.514. The lowest BCUT2D eigenvalue weighted by molar-refractivity contribution is -0.121. The number of urea groups is 1. The number of ether oxygens (including phenoxy) is 1. The van der Waals surface area contributed by atoms with Crippen molar-refractivity contribution in [3.8, 4) is 0 Å². The molecule has 0 aromatic rings. The van der Waals surface area contributed by atoms with E-state index in [1.807, 2.05) is 5.32 Å². The first-order valence-electron chi connectivity index (χ1n) is 6.85. The van der Waals surface area contributed by atoms with Crippen molar-refractivity contribution in [2.45, 2.75) is 38.5 Å². The van der Waals surface area contributed by atoms with Crippen LogP contribution in [-0.4, -0.2) is 48.0 Å². The number of carbonyl (C=O) groups excluding carboxylic acids is 3. The summed E-state index contributed by atoms with van der Waals surface area (Å²) in [5.41, 5.74) is 1.84. The monoisotopic (exact) mass is 347 g/mol. The highest BCUT2D eigenvalue weighted by Gasteiger charge is 2.50. The number of rotatable bonds is 5. The van der Waals surface area contributed by atoms with Crippen LogP contribution in [0.2, 0.25) is 0 Å². The summed E-state index contributed by atoms with van der Waals surface area (Å²) in [7, 11) is 0. The molecule has 0 aromatic carbocycles. The van der Waals surface area contributed by atoms with Crippen LogP contribution < -0.4 is 21.7 Å². The first-order valence-corrected chi connectivity index (χ1v) is 6.85. The van der Waals surface area contributed by atoms with E-state index in [9.17, 15) is 23.2 Å². The average molecular weight is 347 g/mol. The summed E-state index contributed by atoms with van der Waals surface area (Å²) < 4.78 is 30.3. The molecule has 9 nitrogen and oxygen atoms in total. The first kappa shape index (κ1) is 19.3. The summed E-state index contributed by atoms with van der Waals surface area (Å²) in [6.07, 6.45) is 0.923. The number of imide groups is 1. The molecule has 0 aromatic heterocycles. The molecule has 1 atom stereocenters. The highest BCUT2D eigenvalue weighted by molar-refractivity contribution is 6.25. The fourth-order valence-electron chi connectivity index (χ4n) is 1.90. The standard InChI is InChI=1S/C13H19F2N5O4/c1-12(2,3)24-11(23)17-6-13(8(21)19-10(22)20-13)7(4-5-16)18-9(14)15/h4-5,9H,6,16H2,1-3H3,(H,17,23)(H2,19,20,21,22). The van der Waals surface area contributed by atoms with E-state index >= 15 is 0 Å². The number of alkyl carbamates (subject to hydrolysis) is 1. The number of halogens is 2. The Hall–Kier alpha value is -2.72. The zero-order valence-corrected chi connectivity index (χ0v) is 13.4. The van der Waals surface area contributed by atoms with Crippen LogP contribution in [0.25, 0.3) is 0 Å². The Kier molecular flexibility index (Phi) is 5.83. The van der Waals surface area contributed by atoms with Gasteiger partial charge < -0.3 is 21.1 Å². The van der Waals surface area contributed by atoms with E-state index in [0.29, 0.717) is 0 Å². The van der Waals surface area contributed by atoms with Crippen molar-refractivity contribution in [2.75, 3.05) is 6.54 Å². The third-order valence-corrected chi connectivity index (χ3v) is 2.77. The zero-order valence-electron chi connectivity index (χ0n) is 13.4. The van der Waals surface area contributed by atoms with Crippen LogP contribution in [0.1, 0.15) is 20.8 Å². The number of nitrogens with zero attached hydrogens (tertiary/aromatic N) is 1. The number of amides is 4. The third kappa shape index (κ3) is 4.89. The maximum Gasteiger partial charge on any atom is 0.407 e. The second-order valence-corrected chi connectivity index (χ2v) is 5.82. The lowest BCUT2D eigenvalue weighted by Gasteiger charge is -2.27. The molecule has 1 heterocycles. The largest absolute Gasteiger partial charge is 0.444 e. The minimum Gasteiger partial charge on any atom is -0.444 e. The number of nitrogens with two attached hydrogens (primary N) is 1. The molecule has 0 spiro atoms. The molecule has 1 unspecified atom stereocenters. The predicted molar refractivity (Wildman–Crippen MR) is 80.4 cm³/mol. The summed E-state index contributed by atoms with van der Waals surface area (Å²) >= 11 is 0. The molecule has 4 amide bonds. The highest BCUT2D eigenvalue weighted by atomic mass is 19.3. The van der Waals surface area contributed by atoms with Gasteiger partial charge in [-0.2, -0.15) is 8.78 Å². The van der Waals surface area contributed by atoms with Crippen LogP contribution in [0.4, 0.5) is 18.4 Å². The number of hydrogen-bond acceptors (Lipinski definition) is 6. The van der Waals surface area contributed by atoms with Crippen molar-refractivity contribution >= 4 is 23.7 Å². The van der Waals surface area contributed by atoms with E-state index in [4.69, 9.17) is 10.5 Å². The maximum atomic E-state index is 12.7. The highest BCUT2D eigenvalue weighted by Crippen LogP contribution is 2.16. The van der Waals surface area contributed by atoms with Crippen molar-refractivity contribution in [3.63, 3.8) is 0 Å². The fraction of sp³-hybridized carbons (Fsp3) is 0.538. The third-order valence-electron chi connectivity index (χ3n) is 2.77. The predicted octanol–water partition coefficient (Wildman–Crippen LogP) is 0.225. The molecule has 0 radical (unpaired) electrons. The molecule has 0 aliphatic carbocycles. The van der Waals surface area contributed by atoms with Gasteiger partial charge in [0.05, 0.1) is 12.3 Å². The van der Waals surface area contributed by atoms with Crippen LogP contribution in [0, 0.1) is 0 Å². The van der Waals surface area contributed by atoms with Crippen LogP contribution in [0.15, 0.2) is 17.3 Å². The molecule has 5 N–H and O–H groups in total. The minimum atomic E-state index is -3.15. The fourth-order valence-corrected chi connectivity index (χ4v) is 1.90. The van der Waals surface area contributed by atoms with Gasteiger partial charge in [-0.3, -0.25) is 10.1 Å². The number of carbonyl (C=O) groups is 3. The molecule has 1 fully saturated rings. The van der Waals surface area contributed by atoms with Crippen molar-refractivity contribution in [2.24, 2.45) is 10.7 Å². The zero-order chi connectivity index (χ0) is 18.5. The van der Waals surface area contributed by atoms with Gasteiger partial charge in [-0.25, -0.2) is 14.6 Å². The maximum absolute atomic E-state index is 12.7. The van der Waals surface area contributed by atoms with E-state index in [-0.39, 0.29) is 0 Å². The van der Waals surface area contributed by atoms with Gasteiger partial charge in [-0.1, -0.05) is 0 Å². The van der Waals surface area contributed by atoms with Gasteiger partial charge in [-0.15, -0.1) is 0 Å². The quantitative estimate of drug-likeness (QED) is 0.321. The number of hydrogen-bond donors (Lipinski definition) is 4. The van der Waals surface area contributed by atoms with Crippen molar-refractivity contribution in [3.05, 3.63) is 12.3 Å². The molecule has 0 bridgehead atoms. The van der Waals surface area contributed by atoms with Crippen LogP contribution >= 0.6 is 0 Å². The molecule has 0 saturated carbocycles. The molecule has 1 rings (SSSR count). The summed E-state index contributed by atoms with van der Waals surface area (Å²) in [5, 5.41) is 6.34. The van der Waals surface area contributed by atoms with Crippen LogP contribution in [0.3, 0.4) is 0 Å². The van der Waals surface area contributed by atoms with Crippen LogP contribution in [0.5, 0.6) is 0 Å². The Bertz CT molecular complexity index is 585. The summed E-state index contributed by atoms with van der Waals surface area (Å²) in [6.45, 7) is 1.14. The first-order chi connectivity index (χ1) is 11.0. The van der Waals surface area contributed by atoms with Gasteiger partial charge >= 0.3 is 18.7 Å². The molecular formula is C13H19F2N5O4. The van der Waals surface area contributed by atoms with Crippen LogP contribution in [-0.2, 0) is 9.53 Å². The summed E-state index contributed by atoms with van der Waals surface area (Å²) in [5.74, 6) is -0.957. The van der Waals surface area contributed by atoms with E-state index in [2.05, 4.69) is 15.6 Å². The van der Waals surface area contributed by atoms with Gasteiger partial charge in [0.15, 0.2) is 5.54 Å². The van der Waals surface area contributed by atoms with E-state index in [0.717, 1.165) is 12.3 Å².